The maximum Gasteiger partial charge on any atom is 0.246 e. The third-order valence-corrected chi connectivity index (χ3v) is 3.19. The molecule has 2 aromatic rings. The fraction of sp³-hybridized carbons (Fsp3) is 0.538. The molecule has 0 atom stereocenters. The average molecular weight is 328 g/mol. The lowest BCUT2D eigenvalue weighted by Crippen LogP contribution is -2.17. The molecule has 8 nitrogen and oxygen atoms in total. The number of fused-ring (bicyclic) bond motifs is 1. The van der Waals surface area contributed by atoms with Crippen molar-refractivity contribution >= 4 is 28.7 Å². The number of halogens is 1. The van der Waals surface area contributed by atoms with Crippen molar-refractivity contribution in [3.05, 3.63) is 11.6 Å². The molecule has 1 amide bonds. The highest BCUT2D eigenvalue weighted by Gasteiger charge is 2.13. The van der Waals surface area contributed by atoms with Crippen LogP contribution >= 0.6 is 11.6 Å². The number of aryl methyl sites for hydroxylation is 1. The summed E-state index contributed by atoms with van der Waals surface area (Å²) >= 11 is 5.93. The van der Waals surface area contributed by atoms with Crippen molar-refractivity contribution in [3.8, 4) is 5.88 Å². The van der Waals surface area contributed by atoms with Gasteiger partial charge < -0.3 is 9.30 Å². The standard InChI is InChI=1S/C13H18ClN5O3/c1-2-7-22-12-10-11(16-13(14)17-12)19(8-15-10)6-4-3-5-9(20)18-21/h8,21H,2-7H2,1H3,(H,18,20). The van der Waals surface area contributed by atoms with Crippen molar-refractivity contribution in [3.63, 3.8) is 0 Å². The zero-order valence-corrected chi connectivity index (χ0v) is 13.0. The minimum atomic E-state index is -0.392. The third-order valence-electron chi connectivity index (χ3n) is 3.03. The molecule has 2 rings (SSSR count). The van der Waals surface area contributed by atoms with E-state index in [0.29, 0.717) is 36.6 Å². The monoisotopic (exact) mass is 327 g/mol. The van der Waals surface area contributed by atoms with Gasteiger partial charge in [-0.1, -0.05) is 6.92 Å². The second kappa shape index (κ2) is 7.90. The molecule has 22 heavy (non-hydrogen) atoms. The van der Waals surface area contributed by atoms with Crippen molar-refractivity contribution in [2.24, 2.45) is 0 Å². The Morgan fingerprint density at radius 3 is 3.00 bits per heavy atom. The third kappa shape index (κ3) is 4.05. The van der Waals surface area contributed by atoms with Gasteiger partial charge in [0.05, 0.1) is 12.9 Å². The van der Waals surface area contributed by atoms with E-state index in [2.05, 4.69) is 15.0 Å². The summed E-state index contributed by atoms with van der Waals surface area (Å²) in [5.74, 6) is -0.00799. The first kappa shape index (κ1) is 16.4. The van der Waals surface area contributed by atoms with Crippen LogP contribution in [0.1, 0.15) is 32.6 Å². The van der Waals surface area contributed by atoms with Crippen LogP contribution in [0.3, 0.4) is 0 Å². The van der Waals surface area contributed by atoms with E-state index in [0.717, 1.165) is 12.8 Å². The molecule has 0 radical (unpaired) electrons. The van der Waals surface area contributed by atoms with E-state index in [1.807, 2.05) is 11.5 Å². The van der Waals surface area contributed by atoms with Gasteiger partial charge in [-0.15, -0.1) is 0 Å². The number of hydrogen-bond acceptors (Lipinski definition) is 6. The van der Waals surface area contributed by atoms with Gasteiger partial charge in [-0.25, -0.2) is 10.5 Å². The maximum absolute atomic E-state index is 10.9. The van der Waals surface area contributed by atoms with Gasteiger partial charge in [-0.3, -0.25) is 10.0 Å². The molecule has 0 aliphatic carbocycles. The summed E-state index contributed by atoms with van der Waals surface area (Å²) < 4.78 is 7.39. The van der Waals surface area contributed by atoms with E-state index in [4.69, 9.17) is 21.5 Å². The SMILES string of the molecule is CCCOc1nc(Cl)nc2c1ncn2CCCCC(=O)NO. The Balaban J connectivity index is 2.08. The fourth-order valence-corrected chi connectivity index (χ4v) is 2.14. The molecule has 120 valence electrons. The lowest BCUT2D eigenvalue weighted by Gasteiger charge is -2.06. The fourth-order valence-electron chi connectivity index (χ4n) is 1.98. The summed E-state index contributed by atoms with van der Waals surface area (Å²) in [7, 11) is 0. The Bertz CT molecular complexity index is 646. The van der Waals surface area contributed by atoms with E-state index in [-0.39, 0.29) is 11.7 Å². The second-order valence-corrected chi connectivity index (χ2v) is 5.09. The first-order valence-electron chi connectivity index (χ1n) is 7.09. The molecular formula is C13H18ClN5O3. The van der Waals surface area contributed by atoms with Crippen LogP contribution in [0.2, 0.25) is 5.28 Å². The number of carbonyl (C=O) groups is 1. The van der Waals surface area contributed by atoms with Crippen LogP contribution in [0, 0.1) is 0 Å². The number of nitrogens with zero attached hydrogens (tertiary/aromatic N) is 4. The molecule has 0 aliphatic heterocycles. The Labute approximate surface area is 132 Å². The number of aromatic nitrogens is 4. The molecule has 0 saturated heterocycles. The predicted octanol–water partition coefficient (Wildman–Crippen LogP) is 1.94. The first-order chi connectivity index (χ1) is 10.7. The summed E-state index contributed by atoms with van der Waals surface area (Å²) in [6, 6.07) is 0. The summed E-state index contributed by atoms with van der Waals surface area (Å²) in [6.45, 7) is 3.17. The van der Waals surface area contributed by atoms with Gasteiger partial charge in [0.2, 0.25) is 17.1 Å². The van der Waals surface area contributed by atoms with Gasteiger partial charge >= 0.3 is 0 Å². The molecule has 0 aliphatic rings. The lowest BCUT2D eigenvalue weighted by atomic mass is 10.2. The Hall–Kier alpha value is -1.93. The highest BCUT2D eigenvalue weighted by atomic mass is 35.5. The Kier molecular flexibility index (Phi) is 5.91. The molecule has 0 bridgehead atoms. The summed E-state index contributed by atoms with van der Waals surface area (Å²) in [4.78, 5) is 23.5. The van der Waals surface area contributed by atoms with Crippen molar-refractivity contribution in [1.82, 2.24) is 25.0 Å². The summed E-state index contributed by atoms with van der Waals surface area (Å²) in [5.41, 5.74) is 2.79. The van der Waals surface area contributed by atoms with Crippen molar-refractivity contribution < 1.29 is 14.7 Å². The minimum absolute atomic E-state index is 0.111. The number of rotatable bonds is 8. The van der Waals surface area contributed by atoms with Crippen molar-refractivity contribution in [1.29, 1.82) is 0 Å². The van der Waals surface area contributed by atoms with E-state index < -0.39 is 5.91 Å². The van der Waals surface area contributed by atoms with Crippen molar-refractivity contribution in [2.45, 2.75) is 39.2 Å². The van der Waals surface area contributed by atoms with Crippen LogP contribution < -0.4 is 10.2 Å². The Morgan fingerprint density at radius 2 is 2.27 bits per heavy atom. The number of unbranched alkanes of at least 4 members (excludes halogenated alkanes) is 1. The number of hydrogen-bond donors (Lipinski definition) is 2. The molecule has 2 N–H and O–H groups in total. The van der Waals surface area contributed by atoms with Crippen LogP contribution in [-0.4, -0.2) is 37.2 Å². The molecular weight excluding hydrogens is 310 g/mol. The minimum Gasteiger partial charge on any atom is -0.476 e. The van der Waals surface area contributed by atoms with Gasteiger partial charge in [-0.05, 0) is 30.9 Å². The molecule has 0 spiro atoms. The highest BCUT2D eigenvalue weighted by Crippen LogP contribution is 2.23. The quantitative estimate of drug-likeness (QED) is 0.332. The van der Waals surface area contributed by atoms with Gasteiger partial charge in [0.1, 0.15) is 0 Å². The van der Waals surface area contributed by atoms with E-state index >= 15 is 0 Å². The second-order valence-electron chi connectivity index (χ2n) is 4.75. The molecule has 9 heteroatoms. The zero-order chi connectivity index (χ0) is 15.9. The van der Waals surface area contributed by atoms with Crippen LogP contribution in [0.25, 0.3) is 11.2 Å². The predicted molar refractivity (Wildman–Crippen MR) is 79.9 cm³/mol. The van der Waals surface area contributed by atoms with E-state index in [9.17, 15) is 4.79 Å². The van der Waals surface area contributed by atoms with Crippen molar-refractivity contribution in [2.75, 3.05) is 6.61 Å². The lowest BCUT2D eigenvalue weighted by molar-refractivity contribution is -0.129. The Morgan fingerprint density at radius 1 is 1.45 bits per heavy atom. The zero-order valence-electron chi connectivity index (χ0n) is 12.3. The molecule has 0 unspecified atom stereocenters. The summed E-state index contributed by atoms with van der Waals surface area (Å²) in [5, 5.41) is 8.54. The van der Waals surface area contributed by atoms with Gasteiger partial charge in [0, 0.05) is 13.0 Å². The van der Waals surface area contributed by atoms with E-state index in [1.54, 1.807) is 11.8 Å². The number of ether oxygens (including phenoxy) is 1. The van der Waals surface area contributed by atoms with E-state index in [1.165, 1.54) is 0 Å². The number of hydroxylamine groups is 1. The van der Waals surface area contributed by atoms with Gasteiger partial charge in [0.25, 0.3) is 0 Å². The van der Waals surface area contributed by atoms with Crippen LogP contribution in [0.4, 0.5) is 0 Å². The van der Waals surface area contributed by atoms with Crippen LogP contribution in [-0.2, 0) is 11.3 Å². The molecule has 0 fully saturated rings. The molecule has 2 heterocycles. The highest BCUT2D eigenvalue weighted by molar-refractivity contribution is 6.28. The molecule has 0 aromatic carbocycles. The topological polar surface area (TPSA) is 102 Å². The number of nitrogens with one attached hydrogen (secondary N) is 1. The van der Waals surface area contributed by atoms with Gasteiger partial charge in [-0.2, -0.15) is 9.97 Å². The molecule has 0 saturated carbocycles. The normalized spacial score (nSPS) is 10.9. The average Bonchev–Trinajstić information content (AvgIpc) is 2.91. The first-order valence-corrected chi connectivity index (χ1v) is 7.47. The largest absolute Gasteiger partial charge is 0.476 e. The van der Waals surface area contributed by atoms with Crippen LogP contribution in [0.15, 0.2) is 6.33 Å². The van der Waals surface area contributed by atoms with Gasteiger partial charge in [0.15, 0.2) is 11.2 Å². The summed E-state index contributed by atoms with van der Waals surface area (Å²) in [6.07, 6.45) is 4.16. The molecule has 2 aromatic heterocycles. The number of amides is 1. The van der Waals surface area contributed by atoms with Crippen LogP contribution in [0.5, 0.6) is 5.88 Å². The smallest absolute Gasteiger partial charge is 0.246 e. The number of carbonyl (C=O) groups excluding carboxylic acids is 1. The number of imidazole rings is 1. The maximum atomic E-state index is 10.9.